The zero-order valence-corrected chi connectivity index (χ0v) is 9.07. The Morgan fingerprint density at radius 1 is 1.50 bits per heavy atom. The van der Waals surface area contributed by atoms with Gasteiger partial charge in [0.25, 0.3) is 5.91 Å². The van der Waals surface area contributed by atoms with Gasteiger partial charge in [0, 0.05) is 23.1 Å². The average molecular weight is 256 g/mol. The van der Waals surface area contributed by atoms with Crippen LogP contribution < -0.4 is 4.90 Å². The van der Waals surface area contributed by atoms with Gasteiger partial charge in [0.05, 0.1) is 0 Å². The molecule has 1 unspecified atom stereocenters. The summed E-state index contributed by atoms with van der Waals surface area (Å²) in [5.41, 5.74) is 0.834. The summed E-state index contributed by atoms with van der Waals surface area (Å²) in [6, 6.07) is 7.51. The van der Waals surface area contributed by atoms with Crippen molar-refractivity contribution >= 4 is 27.5 Å². The molecule has 1 amide bonds. The zero-order valence-electron chi connectivity index (χ0n) is 7.48. The fraction of sp³-hybridized carbons (Fsp3) is 0.300. The lowest BCUT2D eigenvalue weighted by molar-refractivity contribution is -0.123. The van der Waals surface area contributed by atoms with E-state index in [1.54, 1.807) is 4.90 Å². The van der Waals surface area contributed by atoms with Gasteiger partial charge in [0.2, 0.25) is 0 Å². The van der Waals surface area contributed by atoms with Crippen LogP contribution in [0.25, 0.3) is 0 Å². The number of carbonyl (C=O) groups excluding carboxylic acids is 1. The minimum absolute atomic E-state index is 0.205. The maximum absolute atomic E-state index is 11.5. The van der Waals surface area contributed by atoms with E-state index in [1.165, 1.54) is 0 Å². The molecule has 1 atom stereocenters. The normalized spacial score (nSPS) is 21.7. The number of benzene rings is 1. The Balaban J connectivity index is 2.28. The van der Waals surface area contributed by atoms with E-state index >= 15 is 0 Å². The van der Waals surface area contributed by atoms with E-state index in [-0.39, 0.29) is 5.91 Å². The first kappa shape index (κ1) is 9.68. The molecule has 1 aromatic rings. The number of nitrogens with zero attached hydrogens (tertiary/aromatic N) is 1. The van der Waals surface area contributed by atoms with Gasteiger partial charge in [0.15, 0.2) is 0 Å². The third kappa shape index (κ3) is 1.67. The molecule has 4 heteroatoms. The Morgan fingerprint density at radius 3 is 2.86 bits per heavy atom. The number of aliphatic hydroxyl groups excluding tert-OH is 1. The monoisotopic (exact) mass is 255 g/mol. The predicted molar refractivity (Wildman–Crippen MR) is 57.1 cm³/mol. The Hall–Kier alpha value is -0.870. The number of hydrogen-bond acceptors (Lipinski definition) is 2. The lowest BCUT2D eigenvalue weighted by Gasteiger charge is -2.15. The molecule has 1 aliphatic rings. The molecule has 0 bridgehead atoms. The summed E-state index contributed by atoms with van der Waals surface area (Å²) in [5.74, 6) is -0.205. The first-order valence-corrected chi connectivity index (χ1v) is 5.23. The number of amides is 1. The van der Waals surface area contributed by atoms with Crippen LogP contribution in [0.15, 0.2) is 28.7 Å². The molecular formula is C10H10BrNO2. The molecule has 14 heavy (non-hydrogen) atoms. The number of anilines is 1. The van der Waals surface area contributed by atoms with E-state index < -0.39 is 6.10 Å². The van der Waals surface area contributed by atoms with Crippen LogP contribution in [0.5, 0.6) is 0 Å². The lowest BCUT2D eigenvalue weighted by Crippen LogP contribution is -2.28. The van der Waals surface area contributed by atoms with Crippen molar-refractivity contribution in [3.63, 3.8) is 0 Å². The third-order valence-corrected chi connectivity index (χ3v) is 2.79. The van der Waals surface area contributed by atoms with E-state index in [9.17, 15) is 9.90 Å². The fourth-order valence-corrected chi connectivity index (χ4v) is 1.95. The molecule has 1 aromatic carbocycles. The van der Waals surface area contributed by atoms with Crippen molar-refractivity contribution in [3.8, 4) is 0 Å². The maximum Gasteiger partial charge on any atom is 0.255 e. The summed E-state index contributed by atoms with van der Waals surface area (Å²) in [4.78, 5) is 13.1. The van der Waals surface area contributed by atoms with Gasteiger partial charge < -0.3 is 10.0 Å². The van der Waals surface area contributed by atoms with Crippen molar-refractivity contribution in [1.82, 2.24) is 0 Å². The van der Waals surface area contributed by atoms with Crippen molar-refractivity contribution in [2.45, 2.75) is 12.5 Å². The molecule has 1 N–H and O–H groups in total. The van der Waals surface area contributed by atoms with Crippen LogP contribution in [-0.4, -0.2) is 23.7 Å². The van der Waals surface area contributed by atoms with Crippen LogP contribution in [0.1, 0.15) is 6.42 Å². The van der Waals surface area contributed by atoms with Crippen molar-refractivity contribution in [3.05, 3.63) is 28.7 Å². The van der Waals surface area contributed by atoms with Gasteiger partial charge in [-0.15, -0.1) is 0 Å². The van der Waals surface area contributed by atoms with Crippen molar-refractivity contribution in [2.75, 3.05) is 11.4 Å². The molecule has 3 nitrogen and oxygen atoms in total. The van der Waals surface area contributed by atoms with Crippen molar-refractivity contribution in [2.24, 2.45) is 0 Å². The molecule has 0 aliphatic carbocycles. The standard InChI is InChI=1S/C10H10BrNO2/c11-7-2-1-3-8(6-7)12-5-4-9(13)10(12)14/h1-3,6,9,13H,4-5H2. The molecule has 74 valence electrons. The Bertz CT molecular complexity index is 367. The maximum atomic E-state index is 11.5. The van der Waals surface area contributed by atoms with E-state index in [4.69, 9.17) is 0 Å². The van der Waals surface area contributed by atoms with Crippen LogP contribution in [0.3, 0.4) is 0 Å². The minimum Gasteiger partial charge on any atom is -0.383 e. The number of carbonyl (C=O) groups is 1. The van der Waals surface area contributed by atoms with Crippen LogP contribution in [0, 0.1) is 0 Å². The first-order valence-electron chi connectivity index (χ1n) is 4.43. The molecule has 1 aliphatic heterocycles. The van der Waals surface area contributed by atoms with E-state index in [1.807, 2.05) is 24.3 Å². The highest BCUT2D eigenvalue weighted by Crippen LogP contribution is 2.24. The smallest absolute Gasteiger partial charge is 0.255 e. The van der Waals surface area contributed by atoms with E-state index in [2.05, 4.69) is 15.9 Å². The van der Waals surface area contributed by atoms with Gasteiger partial charge in [-0.2, -0.15) is 0 Å². The first-order chi connectivity index (χ1) is 6.68. The van der Waals surface area contributed by atoms with Gasteiger partial charge in [-0.25, -0.2) is 0 Å². The van der Waals surface area contributed by atoms with Crippen LogP contribution in [0.4, 0.5) is 5.69 Å². The molecule has 2 rings (SSSR count). The average Bonchev–Trinajstić information content (AvgIpc) is 2.48. The highest BCUT2D eigenvalue weighted by atomic mass is 79.9. The van der Waals surface area contributed by atoms with E-state index in [0.29, 0.717) is 13.0 Å². The highest BCUT2D eigenvalue weighted by Gasteiger charge is 2.30. The number of hydrogen-bond donors (Lipinski definition) is 1. The predicted octanol–water partition coefficient (Wildman–Crippen LogP) is 1.55. The quantitative estimate of drug-likeness (QED) is 0.828. The molecule has 0 saturated carbocycles. The zero-order chi connectivity index (χ0) is 10.1. The Morgan fingerprint density at radius 2 is 2.29 bits per heavy atom. The summed E-state index contributed by atoms with van der Waals surface area (Å²) >= 11 is 3.34. The van der Waals surface area contributed by atoms with Crippen LogP contribution >= 0.6 is 15.9 Å². The molecule has 1 heterocycles. The van der Waals surface area contributed by atoms with Gasteiger partial charge >= 0.3 is 0 Å². The van der Waals surface area contributed by atoms with Gasteiger partial charge in [-0.3, -0.25) is 4.79 Å². The SMILES string of the molecule is O=C1C(O)CCN1c1cccc(Br)c1. The van der Waals surface area contributed by atoms with Gasteiger partial charge in [-0.05, 0) is 18.2 Å². The number of rotatable bonds is 1. The van der Waals surface area contributed by atoms with Gasteiger partial charge in [-0.1, -0.05) is 22.0 Å². The minimum atomic E-state index is -0.825. The summed E-state index contributed by atoms with van der Waals surface area (Å²) in [5, 5.41) is 9.30. The molecule has 1 saturated heterocycles. The summed E-state index contributed by atoms with van der Waals surface area (Å²) in [6.07, 6.45) is -0.306. The fourth-order valence-electron chi connectivity index (χ4n) is 1.57. The second-order valence-electron chi connectivity index (χ2n) is 3.27. The van der Waals surface area contributed by atoms with E-state index in [0.717, 1.165) is 10.2 Å². The molecule has 1 fully saturated rings. The third-order valence-electron chi connectivity index (χ3n) is 2.30. The second kappa shape index (κ2) is 3.71. The topological polar surface area (TPSA) is 40.5 Å². The molecule has 0 radical (unpaired) electrons. The summed E-state index contributed by atoms with van der Waals surface area (Å²) < 4.78 is 0.934. The largest absolute Gasteiger partial charge is 0.383 e. The molecular weight excluding hydrogens is 246 g/mol. The Kier molecular flexibility index (Phi) is 2.56. The molecule has 0 aromatic heterocycles. The van der Waals surface area contributed by atoms with Crippen molar-refractivity contribution in [1.29, 1.82) is 0 Å². The summed E-state index contributed by atoms with van der Waals surface area (Å²) in [7, 11) is 0. The highest BCUT2D eigenvalue weighted by molar-refractivity contribution is 9.10. The van der Waals surface area contributed by atoms with Crippen LogP contribution in [0.2, 0.25) is 0 Å². The number of aliphatic hydroxyl groups is 1. The van der Waals surface area contributed by atoms with Gasteiger partial charge in [0.1, 0.15) is 6.10 Å². The molecule has 0 spiro atoms. The Labute approximate surface area is 90.5 Å². The van der Waals surface area contributed by atoms with Crippen LogP contribution in [-0.2, 0) is 4.79 Å². The second-order valence-corrected chi connectivity index (χ2v) is 4.19. The number of halogens is 1. The van der Waals surface area contributed by atoms with Crippen molar-refractivity contribution < 1.29 is 9.90 Å². The summed E-state index contributed by atoms with van der Waals surface area (Å²) in [6.45, 7) is 0.594. The lowest BCUT2D eigenvalue weighted by atomic mass is 10.3.